The van der Waals surface area contributed by atoms with Crippen LogP contribution in [0, 0.1) is 0 Å². The average molecular weight is 350 g/mol. The first kappa shape index (κ1) is 17.5. The quantitative estimate of drug-likeness (QED) is 0.718. The van der Waals surface area contributed by atoms with Crippen molar-refractivity contribution in [3.05, 3.63) is 83.9 Å². The lowest BCUT2D eigenvalue weighted by atomic mass is 10.1. The van der Waals surface area contributed by atoms with Crippen molar-refractivity contribution < 1.29 is 9.53 Å². The highest BCUT2D eigenvalue weighted by Gasteiger charge is 2.20. The molecule has 1 atom stereocenters. The lowest BCUT2D eigenvalue weighted by molar-refractivity contribution is 0.237. The van der Waals surface area contributed by atoms with Crippen LogP contribution in [0.25, 0.3) is 0 Å². The molecule has 0 aliphatic heterocycles. The molecule has 3 rings (SSSR count). The Labute approximate surface area is 152 Å². The van der Waals surface area contributed by atoms with Crippen LogP contribution in [-0.2, 0) is 13.6 Å². The van der Waals surface area contributed by atoms with Crippen molar-refractivity contribution in [3.63, 3.8) is 0 Å². The summed E-state index contributed by atoms with van der Waals surface area (Å²) in [6.45, 7) is 0.373. The predicted octanol–water partition coefficient (Wildman–Crippen LogP) is 3.02. The predicted molar refractivity (Wildman–Crippen MR) is 99.9 cm³/mol. The molecule has 1 aromatic heterocycles. The van der Waals surface area contributed by atoms with E-state index in [2.05, 4.69) is 15.6 Å². The van der Waals surface area contributed by atoms with Gasteiger partial charge in [0.1, 0.15) is 17.6 Å². The minimum atomic E-state index is -0.339. The van der Waals surface area contributed by atoms with Gasteiger partial charge in [0.05, 0.1) is 7.11 Å². The molecule has 0 aliphatic carbocycles. The number of aromatic nitrogens is 2. The summed E-state index contributed by atoms with van der Waals surface area (Å²) < 4.78 is 7.22. The summed E-state index contributed by atoms with van der Waals surface area (Å²) >= 11 is 0. The van der Waals surface area contributed by atoms with E-state index in [9.17, 15) is 4.79 Å². The average Bonchev–Trinajstić information content (AvgIpc) is 3.11. The van der Waals surface area contributed by atoms with E-state index in [1.165, 1.54) is 0 Å². The van der Waals surface area contributed by atoms with Gasteiger partial charge in [-0.05, 0) is 11.6 Å². The number of carbonyl (C=O) groups excluding carboxylic acids is 1. The van der Waals surface area contributed by atoms with Crippen LogP contribution in [0.1, 0.15) is 23.0 Å². The molecule has 2 N–H and O–H groups in total. The van der Waals surface area contributed by atoms with Crippen molar-refractivity contribution in [2.24, 2.45) is 7.05 Å². The second-order valence-corrected chi connectivity index (χ2v) is 5.88. The number of hydrogen-bond acceptors (Lipinski definition) is 3. The summed E-state index contributed by atoms with van der Waals surface area (Å²) in [4.78, 5) is 16.9. The number of rotatable bonds is 6. The van der Waals surface area contributed by atoms with Crippen molar-refractivity contribution in [2.75, 3.05) is 7.11 Å². The van der Waals surface area contributed by atoms with Gasteiger partial charge in [-0.25, -0.2) is 9.78 Å². The fraction of sp³-hybridized carbons (Fsp3) is 0.200. The second-order valence-electron chi connectivity index (χ2n) is 5.88. The number of ether oxygens (including phenoxy) is 1. The Balaban J connectivity index is 1.73. The minimum Gasteiger partial charge on any atom is -0.496 e. The molecule has 1 heterocycles. The Morgan fingerprint density at radius 3 is 2.58 bits per heavy atom. The van der Waals surface area contributed by atoms with Gasteiger partial charge in [-0.2, -0.15) is 0 Å². The monoisotopic (exact) mass is 350 g/mol. The molecule has 2 aromatic carbocycles. The fourth-order valence-corrected chi connectivity index (χ4v) is 2.80. The smallest absolute Gasteiger partial charge is 0.315 e. The fourth-order valence-electron chi connectivity index (χ4n) is 2.80. The summed E-state index contributed by atoms with van der Waals surface area (Å²) in [6.07, 6.45) is 3.58. The van der Waals surface area contributed by atoms with Gasteiger partial charge >= 0.3 is 6.03 Å². The Morgan fingerprint density at radius 1 is 1.15 bits per heavy atom. The number of para-hydroxylation sites is 1. The Bertz CT molecular complexity index is 861. The molecule has 6 heteroatoms. The standard InChI is InChI=1S/C20H22N4O2/c1-24-13-12-21-19(24)18(15-8-4-3-5-9-15)23-20(25)22-14-16-10-6-7-11-17(16)26-2/h3-13,18H,14H2,1-2H3,(H2,22,23,25). The van der Waals surface area contributed by atoms with E-state index in [1.807, 2.05) is 72.4 Å². The van der Waals surface area contributed by atoms with Crippen LogP contribution in [0.3, 0.4) is 0 Å². The van der Waals surface area contributed by atoms with Crippen molar-refractivity contribution in [2.45, 2.75) is 12.6 Å². The molecule has 1 unspecified atom stereocenters. The minimum absolute atomic E-state index is 0.271. The highest BCUT2D eigenvalue weighted by atomic mass is 16.5. The molecule has 0 fully saturated rings. The van der Waals surface area contributed by atoms with Crippen LogP contribution in [-0.4, -0.2) is 22.7 Å². The van der Waals surface area contributed by atoms with Crippen LogP contribution in [0.4, 0.5) is 4.79 Å². The van der Waals surface area contributed by atoms with E-state index in [-0.39, 0.29) is 12.1 Å². The maximum Gasteiger partial charge on any atom is 0.315 e. The van der Waals surface area contributed by atoms with Gasteiger partial charge in [-0.3, -0.25) is 0 Å². The molecule has 134 valence electrons. The van der Waals surface area contributed by atoms with E-state index in [1.54, 1.807) is 13.3 Å². The number of methoxy groups -OCH3 is 1. The molecule has 6 nitrogen and oxygen atoms in total. The number of nitrogens with zero attached hydrogens (tertiary/aromatic N) is 2. The van der Waals surface area contributed by atoms with Crippen LogP contribution >= 0.6 is 0 Å². The third kappa shape index (κ3) is 4.03. The summed E-state index contributed by atoms with van der Waals surface area (Å²) in [5.74, 6) is 1.51. The first-order valence-electron chi connectivity index (χ1n) is 8.37. The van der Waals surface area contributed by atoms with Gasteiger partial charge in [0, 0.05) is 31.5 Å². The van der Waals surface area contributed by atoms with E-state index in [4.69, 9.17) is 4.74 Å². The lowest BCUT2D eigenvalue weighted by Gasteiger charge is -2.19. The summed E-state index contributed by atoms with van der Waals surface area (Å²) in [6, 6.07) is 16.8. The highest BCUT2D eigenvalue weighted by molar-refractivity contribution is 5.75. The number of aryl methyl sites for hydroxylation is 1. The number of nitrogens with one attached hydrogen (secondary N) is 2. The zero-order chi connectivity index (χ0) is 18.4. The molecular formula is C20H22N4O2. The molecular weight excluding hydrogens is 328 g/mol. The number of hydrogen-bond donors (Lipinski definition) is 2. The second kappa shape index (κ2) is 8.20. The summed E-state index contributed by atoms with van der Waals surface area (Å²) in [5.41, 5.74) is 1.88. The molecule has 2 amide bonds. The molecule has 0 saturated heterocycles. The third-order valence-electron chi connectivity index (χ3n) is 4.16. The lowest BCUT2D eigenvalue weighted by Crippen LogP contribution is -2.39. The highest BCUT2D eigenvalue weighted by Crippen LogP contribution is 2.20. The van der Waals surface area contributed by atoms with Crippen molar-refractivity contribution in [3.8, 4) is 5.75 Å². The van der Waals surface area contributed by atoms with E-state index >= 15 is 0 Å². The number of carbonyl (C=O) groups is 1. The third-order valence-corrected chi connectivity index (χ3v) is 4.16. The molecule has 3 aromatic rings. The van der Waals surface area contributed by atoms with Crippen molar-refractivity contribution >= 4 is 6.03 Å². The van der Waals surface area contributed by atoms with Gasteiger partial charge in [-0.1, -0.05) is 48.5 Å². The number of benzene rings is 2. The van der Waals surface area contributed by atoms with E-state index < -0.39 is 0 Å². The van der Waals surface area contributed by atoms with Crippen molar-refractivity contribution in [1.82, 2.24) is 20.2 Å². The van der Waals surface area contributed by atoms with Crippen LogP contribution < -0.4 is 15.4 Å². The van der Waals surface area contributed by atoms with Crippen LogP contribution in [0.5, 0.6) is 5.75 Å². The van der Waals surface area contributed by atoms with Gasteiger partial charge < -0.3 is 19.9 Å². The van der Waals surface area contributed by atoms with Crippen LogP contribution in [0.15, 0.2) is 67.0 Å². The largest absolute Gasteiger partial charge is 0.496 e. The summed E-state index contributed by atoms with van der Waals surface area (Å²) in [7, 11) is 3.53. The molecule has 0 saturated carbocycles. The molecule has 0 bridgehead atoms. The number of imidazole rings is 1. The Morgan fingerprint density at radius 2 is 1.88 bits per heavy atom. The molecule has 0 aliphatic rings. The van der Waals surface area contributed by atoms with Crippen LogP contribution in [0.2, 0.25) is 0 Å². The molecule has 0 radical (unpaired) electrons. The van der Waals surface area contributed by atoms with Crippen molar-refractivity contribution in [1.29, 1.82) is 0 Å². The maximum atomic E-state index is 12.5. The number of amides is 2. The normalized spacial score (nSPS) is 11.6. The Hall–Kier alpha value is -3.28. The molecule has 0 spiro atoms. The first-order chi connectivity index (χ1) is 12.7. The SMILES string of the molecule is COc1ccccc1CNC(=O)NC(c1ccccc1)c1nccn1C. The van der Waals surface area contributed by atoms with Gasteiger partial charge in [0.2, 0.25) is 0 Å². The zero-order valence-electron chi connectivity index (χ0n) is 14.8. The van der Waals surface area contributed by atoms with Gasteiger partial charge in [0.25, 0.3) is 0 Å². The maximum absolute atomic E-state index is 12.5. The number of urea groups is 1. The zero-order valence-corrected chi connectivity index (χ0v) is 14.8. The van der Waals surface area contributed by atoms with E-state index in [0.717, 1.165) is 22.7 Å². The van der Waals surface area contributed by atoms with Gasteiger partial charge in [-0.15, -0.1) is 0 Å². The van der Waals surface area contributed by atoms with Gasteiger partial charge in [0.15, 0.2) is 0 Å². The molecule has 26 heavy (non-hydrogen) atoms. The van der Waals surface area contributed by atoms with E-state index in [0.29, 0.717) is 6.54 Å². The topological polar surface area (TPSA) is 68.2 Å². The Kier molecular flexibility index (Phi) is 5.53. The first-order valence-corrected chi connectivity index (χ1v) is 8.37. The summed E-state index contributed by atoms with van der Waals surface area (Å²) in [5, 5.41) is 5.90.